The SMILES string of the molecule is CCOC1CC(NC(=O)N2CCS(=O)(=O)CCC2C)C1. The number of urea groups is 1. The maximum atomic E-state index is 12.2. The fourth-order valence-corrected chi connectivity index (χ4v) is 4.06. The van der Waals surface area contributed by atoms with Crippen LogP contribution in [0.15, 0.2) is 0 Å². The molecule has 0 aromatic carbocycles. The van der Waals surface area contributed by atoms with Gasteiger partial charge in [0, 0.05) is 25.2 Å². The molecule has 1 saturated carbocycles. The van der Waals surface area contributed by atoms with Crippen molar-refractivity contribution < 1.29 is 17.9 Å². The van der Waals surface area contributed by atoms with Crippen LogP contribution >= 0.6 is 0 Å². The molecule has 6 nitrogen and oxygen atoms in total. The summed E-state index contributed by atoms with van der Waals surface area (Å²) >= 11 is 0. The number of ether oxygens (including phenoxy) is 1. The Morgan fingerprint density at radius 1 is 1.35 bits per heavy atom. The third-order valence-corrected chi connectivity index (χ3v) is 5.77. The normalized spacial score (nSPS) is 33.1. The summed E-state index contributed by atoms with van der Waals surface area (Å²) < 4.78 is 28.7. The van der Waals surface area contributed by atoms with Gasteiger partial charge >= 0.3 is 6.03 Å². The van der Waals surface area contributed by atoms with Gasteiger partial charge in [0.2, 0.25) is 0 Å². The Balaban J connectivity index is 1.83. The lowest BCUT2D eigenvalue weighted by Gasteiger charge is -2.37. The van der Waals surface area contributed by atoms with Crippen molar-refractivity contribution in [1.82, 2.24) is 10.2 Å². The molecule has 116 valence electrons. The first-order valence-corrected chi connectivity index (χ1v) is 9.12. The average molecular weight is 304 g/mol. The van der Waals surface area contributed by atoms with Gasteiger partial charge in [0.25, 0.3) is 0 Å². The zero-order chi connectivity index (χ0) is 14.8. The second kappa shape index (κ2) is 6.30. The van der Waals surface area contributed by atoms with Gasteiger partial charge in [0.1, 0.15) is 0 Å². The highest BCUT2D eigenvalue weighted by molar-refractivity contribution is 7.91. The van der Waals surface area contributed by atoms with Crippen molar-refractivity contribution in [3.05, 3.63) is 0 Å². The minimum Gasteiger partial charge on any atom is -0.378 e. The lowest BCUT2D eigenvalue weighted by molar-refractivity contribution is -0.00829. The van der Waals surface area contributed by atoms with E-state index in [0.29, 0.717) is 13.0 Å². The topological polar surface area (TPSA) is 75.7 Å². The summed E-state index contributed by atoms with van der Waals surface area (Å²) in [6.45, 7) is 4.86. The standard InChI is InChI=1S/C13H24N2O4S/c1-3-19-12-8-11(9-12)14-13(16)15-5-7-20(17,18)6-4-10(15)2/h10-12H,3-9H2,1-2H3,(H,14,16). The van der Waals surface area contributed by atoms with E-state index in [1.165, 1.54) is 0 Å². The van der Waals surface area contributed by atoms with Gasteiger partial charge in [-0.25, -0.2) is 13.2 Å². The van der Waals surface area contributed by atoms with Crippen LogP contribution in [0.2, 0.25) is 0 Å². The molecule has 7 heteroatoms. The third-order valence-electron chi connectivity index (χ3n) is 4.11. The molecule has 1 saturated heterocycles. The highest BCUT2D eigenvalue weighted by atomic mass is 32.2. The van der Waals surface area contributed by atoms with Crippen molar-refractivity contribution in [1.29, 1.82) is 0 Å². The fourth-order valence-electron chi connectivity index (χ4n) is 2.68. The predicted octanol–water partition coefficient (Wildman–Crippen LogP) is 0.773. The number of carbonyl (C=O) groups is 1. The Morgan fingerprint density at radius 3 is 2.70 bits per heavy atom. The molecular weight excluding hydrogens is 280 g/mol. The molecule has 1 N–H and O–H groups in total. The first kappa shape index (κ1) is 15.6. The molecule has 0 aromatic rings. The monoisotopic (exact) mass is 304 g/mol. The lowest BCUT2D eigenvalue weighted by atomic mass is 9.89. The molecule has 0 bridgehead atoms. The smallest absolute Gasteiger partial charge is 0.317 e. The van der Waals surface area contributed by atoms with Crippen LogP contribution in [0.1, 0.15) is 33.1 Å². The number of sulfone groups is 1. The Morgan fingerprint density at radius 2 is 2.05 bits per heavy atom. The molecule has 0 aromatic heterocycles. The Hall–Kier alpha value is -0.820. The van der Waals surface area contributed by atoms with E-state index >= 15 is 0 Å². The van der Waals surface area contributed by atoms with E-state index < -0.39 is 9.84 Å². The van der Waals surface area contributed by atoms with E-state index in [-0.39, 0.29) is 42.3 Å². The van der Waals surface area contributed by atoms with Gasteiger partial charge < -0.3 is 15.0 Å². The zero-order valence-electron chi connectivity index (χ0n) is 12.2. The van der Waals surface area contributed by atoms with Crippen LogP contribution < -0.4 is 5.32 Å². The van der Waals surface area contributed by atoms with Crippen LogP contribution in [-0.2, 0) is 14.6 Å². The molecule has 2 aliphatic rings. The molecule has 2 fully saturated rings. The molecular formula is C13H24N2O4S. The van der Waals surface area contributed by atoms with Crippen LogP contribution in [0.3, 0.4) is 0 Å². The maximum Gasteiger partial charge on any atom is 0.317 e. The van der Waals surface area contributed by atoms with Crippen molar-refractivity contribution >= 4 is 15.9 Å². The quantitative estimate of drug-likeness (QED) is 0.836. The third kappa shape index (κ3) is 3.85. The van der Waals surface area contributed by atoms with Crippen LogP contribution in [0.5, 0.6) is 0 Å². The number of nitrogens with zero attached hydrogens (tertiary/aromatic N) is 1. The summed E-state index contributed by atoms with van der Waals surface area (Å²) in [5.74, 6) is 0.241. The first-order chi connectivity index (χ1) is 9.41. The molecule has 0 spiro atoms. The number of hydrogen-bond donors (Lipinski definition) is 1. The zero-order valence-corrected chi connectivity index (χ0v) is 13.0. The molecule has 0 radical (unpaired) electrons. The summed E-state index contributed by atoms with van der Waals surface area (Å²) in [6, 6.07) is -0.0179. The highest BCUT2D eigenvalue weighted by Crippen LogP contribution is 2.23. The van der Waals surface area contributed by atoms with Crippen LogP contribution in [-0.4, -0.2) is 62.2 Å². The molecule has 20 heavy (non-hydrogen) atoms. The molecule has 2 rings (SSSR count). The fraction of sp³-hybridized carbons (Fsp3) is 0.923. The molecule has 1 aliphatic heterocycles. The number of hydrogen-bond acceptors (Lipinski definition) is 4. The predicted molar refractivity (Wildman–Crippen MR) is 76.4 cm³/mol. The highest BCUT2D eigenvalue weighted by Gasteiger charge is 2.34. The van der Waals surface area contributed by atoms with Gasteiger partial charge in [0.15, 0.2) is 9.84 Å². The summed E-state index contributed by atoms with van der Waals surface area (Å²) in [4.78, 5) is 13.9. The minimum atomic E-state index is -3.00. The van der Waals surface area contributed by atoms with E-state index in [4.69, 9.17) is 4.74 Å². The lowest BCUT2D eigenvalue weighted by Crippen LogP contribution is -2.54. The summed E-state index contributed by atoms with van der Waals surface area (Å²) in [7, 11) is -3.00. The van der Waals surface area contributed by atoms with Gasteiger partial charge in [-0.1, -0.05) is 0 Å². The van der Waals surface area contributed by atoms with E-state index in [1.54, 1.807) is 4.90 Å². The van der Waals surface area contributed by atoms with E-state index in [0.717, 1.165) is 12.8 Å². The largest absolute Gasteiger partial charge is 0.378 e. The number of carbonyl (C=O) groups excluding carboxylic acids is 1. The number of nitrogens with one attached hydrogen (secondary N) is 1. The van der Waals surface area contributed by atoms with Gasteiger partial charge in [-0.15, -0.1) is 0 Å². The summed E-state index contributed by atoms with van der Waals surface area (Å²) in [5, 5.41) is 2.97. The van der Waals surface area contributed by atoms with E-state index in [9.17, 15) is 13.2 Å². The molecule has 1 heterocycles. The van der Waals surface area contributed by atoms with Crippen LogP contribution in [0, 0.1) is 0 Å². The van der Waals surface area contributed by atoms with Crippen LogP contribution in [0.4, 0.5) is 4.79 Å². The average Bonchev–Trinajstić information content (AvgIpc) is 2.46. The van der Waals surface area contributed by atoms with Crippen molar-refractivity contribution in [2.45, 2.75) is 51.3 Å². The van der Waals surface area contributed by atoms with Crippen molar-refractivity contribution in [2.24, 2.45) is 0 Å². The van der Waals surface area contributed by atoms with Crippen molar-refractivity contribution in [3.63, 3.8) is 0 Å². The van der Waals surface area contributed by atoms with E-state index in [1.807, 2.05) is 13.8 Å². The molecule has 1 aliphatic carbocycles. The first-order valence-electron chi connectivity index (χ1n) is 7.30. The molecule has 1 atom stereocenters. The van der Waals surface area contributed by atoms with E-state index in [2.05, 4.69) is 5.32 Å². The Kier molecular flexibility index (Phi) is 4.90. The second-order valence-corrected chi connectivity index (χ2v) is 7.98. The Labute approximate surface area is 120 Å². The second-order valence-electron chi connectivity index (χ2n) is 5.68. The van der Waals surface area contributed by atoms with Gasteiger partial charge in [-0.05, 0) is 33.1 Å². The summed E-state index contributed by atoms with van der Waals surface area (Å²) in [5.41, 5.74) is 0. The van der Waals surface area contributed by atoms with Gasteiger partial charge in [-0.2, -0.15) is 0 Å². The number of rotatable bonds is 3. The van der Waals surface area contributed by atoms with Crippen LogP contribution in [0.25, 0.3) is 0 Å². The van der Waals surface area contributed by atoms with Gasteiger partial charge in [-0.3, -0.25) is 0 Å². The minimum absolute atomic E-state index is 0.0324. The van der Waals surface area contributed by atoms with Crippen molar-refractivity contribution in [2.75, 3.05) is 24.7 Å². The Bertz CT molecular complexity index is 445. The van der Waals surface area contributed by atoms with Crippen molar-refractivity contribution in [3.8, 4) is 0 Å². The molecule has 1 unspecified atom stereocenters. The summed E-state index contributed by atoms with van der Waals surface area (Å²) in [6.07, 6.45) is 2.47. The maximum absolute atomic E-state index is 12.2. The molecule has 2 amide bonds. The van der Waals surface area contributed by atoms with Gasteiger partial charge in [0.05, 0.1) is 17.6 Å². The number of amides is 2.